The van der Waals surface area contributed by atoms with Crippen LogP contribution >= 0.6 is 0 Å². The first-order valence-corrected chi connectivity index (χ1v) is 10.0. The number of benzene rings is 1. The Balaban J connectivity index is 1.62. The minimum Gasteiger partial charge on any atom is -0.399 e. The first-order chi connectivity index (χ1) is 11.4. The summed E-state index contributed by atoms with van der Waals surface area (Å²) < 4.78 is 28.8. The molecule has 2 unspecified atom stereocenters. The van der Waals surface area contributed by atoms with Gasteiger partial charge in [-0.3, -0.25) is 4.79 Å². The number of anilines is 2. The molecule has 130 valence electrons. The third-order valence-electron chi connectivity index (χ3n) is 5.09. The van der Waals surface area contributed by atoms with Crippen molar-refractivity contribution in [3.05, 3.63) is 23.8 Å². The van der Waals surface area contributed by atoms with Crippen LogP contribution in [-0.4, -0.2) is 69.1 Å². The van der Waals surface area contributed by atoms with Crippen LogP contribution in [0.2, 0.25) is 0 Å². The largest absolute Gasteiger partial charge is 0.399 e. The molecule has 1 amide bonds. The van der Waals surface area contributed by atoms with Gasteiger partial charge in [0.2, 0.25) is 0 Å². The van der Waals surface area contributed by atoms with Gasteiger partial charge >= 0.3 is 0 Å². The standard InChI is InChI=1S/C16H21N3O4S/c17-11-1-2-14(16(20)18-3-5-24(21,22)6-4-18)15(7-11)19-9-13-8-12(19)10-23-13/h1-2,7,12-13H,3-6,8-10,17H2. The molecular weight excluding hydrogens is 330 g/mol. The van der Waals surface area contributed by atoms with Gasteiger partial charge in [0.25, 0.3) is 5.91 Å². The van der Waals surface area contributed by atoms with Crippen molar-refractivity contribution in [2.24, 2.45) is 0 Å². The molecule has 7 nitrogen and oxygen atoms in total. The van der Waals surface area contributed by atoms with Crippen molar-refractivity contribution in [2.75, 3.05) is 48.4 Å². The zero-order chi connectivity index (χ0) is 16.9. The minimum absolute atomic E-state index is 0.0330. The second-order valence-electron chi connectivity index (χ2n) is 6.72. The lowest BCUT2D eigenvalue weighted by atomic mass is 10.1. The highest BCUT2D eigenvalue weighted by Gasteiger charge is 2.40. The monoisotopic (exact) mass is 351 g/mol. The van der Waals surface area contributed by atoms with Crippen LogP contribution in [0.1, 0.15) is 16.8 Å². The zero-order valence-electron chi connectivity index (χ0n) is 13.3. The Hall–Kier alpha value is -1.80. The fraction of sp³-hybridized carbons (Fsp3) is 0.562. The molecule has 1 aromatic rings. The molecule has 8 heteroatoms. The highest BCUT2D eigenvalue weighted by atomic mass is 32.2. The number of hydrogen-bond donors (Lipinski definition) is 1. The van der Waals surface area contributed by atoms with Crippen LogP contribution in [0.5, 0.6) is 0 Å². The van der Waals surface area contributed by atoms with Gasteiger partial charge in [-0.2, -0.15) is 0 Å². The highest BCUT2D eigenvalue weighted by Crippen LogP contribution is 2.36. The van der Waals surface area contributed by atoms with Crippen molar-refractivity contribution < 1.29 is 17.9 Å². The topological polar surface area (TPSA) is 92.9 Å². The average molecular weight is 351 g/mol. The maximum atomic E-state index is 12.9. The number of carbonyl (C=O) groups excluding carboxylic acids is 1. The highest BCUT2D eigenvalue weighted by molar-refractivity contribution is 7.91. The van der Waals surface area contributed by atoms with Gasteiger partial charge in [0.05, 0.1) is 41.5 Å². The lowest BCUT2D eigenvalue weighted by molar-refractivity contribution is 0.0768. The summed E-state index contributed by atoms with van der Waals surface area (Å²) in [7, 11) is -3.01. The number of rotatable bonds is 2. The smallest absolute Gasteiger partial charge is 0.256 e. The van der Waals surface area contributed by atoms with Crippen molar-refractivity contribution in [3.63, 3.8) is 0 Å². The Kier molecular flexibility index (Phi) is 3.69. The molecule has 0 aromatic heterocycles. The Labute approximate surface area is 141 Å². The van der Waals surface area contributed by atoms with Crippen molar-refractivity contribution in [1.82, 2.24) is 4.90 Å². The molecule has 1 aromatic carbocycles. The number of carbonyl (C=O) groups is 1. The van der Waals surface area contributed by atoms with E-state index in [4.69, 9.17) is 10.5 Å². The van der Waals surface area contributed by atoms with E-state index in [1.54, 1.807) is 17.0 Å². The van der Waals surface area contributed by atoms with Gasteiger partial charge in [0, 0.05) is 25.3 Å². The van der Waals surface area contributed by atoms with Crippen LogP contribution < -0.4 is 10.6 Å². The maximum absolute atomic E-state index is 12.9. The first kappa shape index (κ1) is 15.7. The van der Waals surface area contributed by atoms with Gasteiger partial charge in [-0.1, -0.05) is 0 Å². The minimum atomic E-state index is -3.01. The van der Waals surface area contributed by atoms with Gasteiger partial charge in [-0.05, 0) is 24.6 Å². The summed E-state index contributed by atoms with van der Waals surface area (Å²) in [6.07, 6.45) is 1.20. The molecule has 2 atom stereocenters. The molecule has 0 saturated carbocycles. The molecule has 0 spiro atoms. The molecular formula is C16H21N3O4S. The predicted octanol–water partition coefficient (Wildman–Crippen LogP) is 0.117. The third-order valence-corrected chi connectivity index (χ3v) is 6.70. The molecule has 2 N–H and O–H groups in total. The van der Waals surface area contributed by atoms with E-state index >= 15 is 0 Å². The molecule has 3 saturated heterocycles. The van der Waals surface area contributed by atoms with E-state index in [0.29, 0.717) is 17.9 Å². The molecule has 3 aliphatic rings. The third kappa shape index (κ3) is 2.73. The molecule has 3 fully saturated rings. The number of amides is 1. The van der Waals surface area contributed by atoms with E-state index in [1.807, 2.05) is 6.07 Å². The fourth-order valence-corrected chi connectivity index (χ4v) is 4.95. The van der Waals surface area contributed by atoms with E-state index in [0.717, 1.165) is 18.7 Å². The van der Waals surface area contributed by atoms with Gasteiger partial charge in [0.1, 0.15) is 0 Å². The number of nitrogen functional groups attached to an aromatic ring is 1. The van der Waals surface area contributed by atoms with Gasteiger partial charge in [-0.15, -0.1) is 0 Å². The average Bonchev–Trinajstić information content (AvgIpc) is 3.17. The van der Waals surface area contributed by atoms with Crippen LogP contribution in [0.25, 0.3) is 0 Å². The Morgan fingerprint density at radius 2 is 2.00 bits per heavy atom. The molecule has 3 aliphatic heterocycles. The summed E-state index contributed by atoms with van der Waals surface area (Å²) in [6.45, 7) is 1.94. The second kappa shape index (κ2) is 5.63. The summed E-state index contributed by atoms with van der Waals surface area (Å²) in [5, 5.41) is 0. The van der Waals surface area contributed by atoms with Crippen molar-refractivity contribution in [3.8, 4) is 0 Å². The lowest BCUT2D eigenvalue weighted by Crippen LogP contribution is -2.44. The summed E-state index contributed by atoms with van der Waals surface area (Å²) >= 11 is 0. The van der Waals surface area contributed by atoms with Crippen LogP contribution in [0.15, 0.2) is 18.2 Å². The normalized spacial score (nSPS) is 28.3. The zero-order valence-corrected chi connectivity index (χ0v) is 14.2. The fourth-order valence-electron chi connectivity index (χ4n) is 3.75. The predicted molar refractivity (Wildman–Crippen MR) is 90.9 cm³/mol. The van der Waals surface area contributed by atoms with Crippen molar-refractivity contribution >= 4 is 27.1 Å². The maximum Gasteiger partial charge on any atom is 0.256 e. The quantitative estimate of drug-likeness (QED) is 0.761. The number of morpholine rings is 1. The number of ether oxygens (including phenoxy) is 1. The number of hydrogen-bond acceptors (Lipinski definition) is 6. The Morgan fingerprint density at radius 1 is 1.25 bits per heavy atom. The van der Waals surface area contributed by atoms with Gasteiger partial charge < -0.3 is 20.3 Å². The van der Waals surface area contributed by atoms with Crippen molar-refractivity contribution in [2.45, 2.75) is 18.6 Å². The summed E-state index contributed by atoms with van der Waals surface area (Å²) in [6, 6.07) is 5.60. The van der Waals surface area contributed by atoms with Crippen LogP contribution in [0.4, 0.5) is 11.4 Å². The molecule has 2 bridgehead atoms. The van der Waals surface area contributed by atoms with E-state index in [-0.39, 0.29) is 42.6 Å². The molecule has 4 rings (SSSR count). The summed E-state index contributed by atoms with van der Waals surface area (Å²) in [5.74, 6) is -0.0556. The molecule has 24 heavy (non-hydrogen) atoms. The second-order valence-corrected chi connectivity index (χ2v) is 9.02. The number of nitrogens with two attached hydrogens (primary N) is 1. The Bertz CT molecular complexity index is 766. The SMILES string of the molecule is Nc1ccc(C(=O)N2CCS(=O)(=O)CC2)c(N2CC3CC2CO3)c1. The van der Waals surface area contributed by atoms with Gasteiger partial charge in [-0.25, -0.2) is 8.42 Å². The summed E-state index contributed by atoms with van der Waals surface area (Å²) in [4.78, 5) is 16.8. The van der Waals surface area contributed by atoms with Gasteiger partial charge in [0.15, 0.2) is 9.84 Å². The van der Waals surface area contributed by atoms with Crippen LogP contribution in [0, 0.1) is 0 Å². The van der Waals surface area contributed by atoms with E-state index < -0.39 is 9.84 Å². The number of sulfone groups is 1. The van der Waals surface area contributed by atoms with E-state index in [1.165, 1.54) is 0 Å². The molecule has 3 heterocycles. The number of fused-ring (bicyclic) bond motifs is 2. The summed E-state index contributed by atoms with van der Waals surface area (Å²) in [5.41, 5.74) is 7.99. The molecule has 0 radical (unpaired) electrons. The Morgan fingerprint density at radius 3 is 2.62 bits per heavy atom. The van der Waals surface area contributed by atoms with Crippen LogP contribution in [0.3, 0.4) is 0 Å². The first-order valence-electron chi connectivity index (χ1n) is 8.20. The van der Waals surface area contributed by atoms with Crippen molar-refractivity contribution in [1.29, 1.82) is 0 Å². The lowest BCUT2D eigenvalue weighted by Gasteiger charge is -2.33. The van der Waals surface area contributed by atoms with E-state index in [9.17, 15) is 13.2 Å². The molecule has 0 aliphatic carbocycles. The van der Waals surface area contributed by atoms with E-state index in [2.05, 4.69) is 4.90 Å². The van der Waals surface area contributed by atoms with Crippen LogP contribution in [-0.2, 0) is 14.6 Å². The number of nitrogens with zero attached hydrogens (tertiary/aromatic N) is 2.